The fourth-order valence-electron chi connectivity index (χ4n) is 3.02. The Kier molecular flexibility index (Phi) is 4.23. The number of para-hydroxylation sites is 1. The number of rotatable bonds is 5. The van der Waals surface area contributed by atoms with Crippen LogP contribution in [-0.4, -0.2) is 20.9 Å². The van der Waals surface area contributed by atoms with Gasteiger partial charge in [0.1, 0.15) is 5.82 Å². The molecule has 130 valence electrons. The molecule has 2 aromatic heterocycles. The molecule has 0 atom stereocenters. The van der Waals surface area contributed by atoms with Crippen molar-refractivity contribution in [3.63, 3.8) is 0 Å². The number of hydrogen-bond acceptors (Lipinski definition) is 3. The third kappa shape index (κ3) is 3.35. The van der Waals surface area contributed by atoms with Crippen molar-refractivity contribution in [1.29, 1.82) is 0 Å². The lowest BCUT2D eigenvalue weighted by atomic mass is 10.2. The van der Waals surface area contributed by atoms with Gasteiger partial charge >= 0.3 is 0 Å². The Hall–Kier alpha value is -3.41. The standard InChI is InChI=1S/C20H18N4O2/c25-19(22-14-9-8-13-10-11-21-17(13)12-14)7-3-6-18-23-16-5-2-1-4-15(16)20(26)24-18/h1-2,4-5,8-12,21H,3,6-7H2,(H,22,25)(H,23,24,26). The molecule has 0 bridgehead atoms. The molecular weight excluding hydrogens is 328 g/mol. The Morgan fingerprint density at radius 1 is 1.12 bits per heavy atom. The lowest BCUT2D eigenvalue weighted by Crippen LogP contribution is -2.14. The highest BCUT2D eigenvalue weighted by Crippen LogP contribution is 2.18. The number of nitrogens with one attached hydrogen (secondary N) is 3. The first-order chi connectivity index (χ1) is 12.7. The lowest BCUT2D eigenvalue weighted by Gasteiger charge is -2.06. The number of fused-ring (bicyclic) bond motifs is 2. The Labute approximate surface area is 149 Å². The molecule has 0 fully saturated rings. The highest BCUT2D eigenvalue weighted by Gasteiger charge is 2.07. The van der Waals surface area contributed by atoms with E-state index in [9.17, 15) is 9.59 Å². The van der Waals surface area contributed by atoms with Crippen LogP contribution in [0.15, 0.2) is 59.5 Å². The summed E-state index contributed by atoms with van der Waals surface area (Å²) in [5.74, 6) is 0.549. The largest absolute Gasteiger partial charge is 0.361 e. The van der Waals surface area contributed by atoms with Crippen LogP contribution in [0.3, 0.4) is 0 Å². The third-order valence-corrected chi connectivity index (χ3v) is 4.32. The van der Waals surface area contributed by atoms with Crippen LogP contribution in [0.4, 0.5) is 5.69 Å². The molecule has 0 radical (unpaired) electrons. The molecule has 2 aromatic carbocycles. The van der Waals surface area contributed by atoms with Crippen LogP contribution in [0.1, 0.15) is 18.7 Å². The maximum atomic E-state index is 12.1. The van der Waals surface area contributed by atoms with Crippen LogP contribution in [0, 0.1) is 0 Å². The van der Waals surface area contributed by atoms with E-state index in [4.69, 9.17) is 0 Å². The first kappa shape index (κ1) is 16.1. The lowest BCUT2D eigenvalue weighted by molar-refractivity contribution is -0.116. The summed E-state index contributed by atoms with van der Waals surface area (Å²) in [4.78, 5) is 34.6. The van der Waals surface area contributed by atoms with Crippen molar-refractivity contribution >= 4 is 33.4 Å². The predicted molar refractivity (Wildman–Crippen MR) is 102 cm³/mol. The van der Waals surface area contributed by atoms with Crippen molar-refractivity contribution in [3.05, 3.63) is 70.9 Å². The van der Waals surface area contributed by atoms with Gasteiger partial charge in [-0.3, -0.25) is 9.59 Å². The number of amides is 1. The number of aromatic nitrogens is 3. The zero-order chi connectivity index (χ0) is 17.9. The molecule has 2 heterocycles. The normalized spacial score (nSPS) is 11.1. The number of aryl methyl sites for hydroxylation is 1. The van der Waals surface area contributed by atoms with Crippen LogP contribution in [0.2, 0.25) is 0 Å². The van der Waals surface area contributed by atoms with Gasteiger partial charge in [0.05, 0.1) is 10.9 Å². The summed E-state index contributed by atoms with van der Waals surface area (Å²) in [5.41, 5.74) is 2.28. The van der Waals surface area contributed by atoms with Gasteiger partial charge in [-0.1, -0.05) is 18.2 Å². The van der Waals surface area contributed by atoms with Gasteiger partial charge in [0, 0.05) is 30.2 Å². The molecule has 4 aromatic rings. The van der Waals surface area contributed by atoms with E-state index in [1.54, 1.807) is 6.07 Å². The van der Waals surface area contributed by atoms with Crippen molar-refractivity contribution in [1.82, 2.24) is 15.0 Å². The Morgan fingerprint density at radius 2 is 2.00 bits per heavy atom. The van der Waals surface area contributed by atoms with Gasteiger partial charge in [-0.25, -0.2) is 4.98 Å². The highest BCUT2D eigenvalue weighted by molar-refractivity contribution is 5.93. The zero-order valence-electron chi connectivity index (χ0n) is 14.1. The van der Waals surface area contributed by atoms with E-state index in [2.05, 4.69) is 20.3 Å². The first-order valence-electron chi connectivity index (χ1n) is 8.54. The second kappa shape index (κ2) is 6.84. The average molecular weight is 346 g/mol. The van der Waals surface area contributed by atoms with E-state index < -0.39 is 0 Å². The molecule has 4 rings (SSSR count). The zero-order valence-corrected chi connectivity index (χ0v) is 14.1. The molecule has 0 unspecified atom stereocenters. The molecule has 0 aliphatic rings. The molecule has 0 aliphatic heterocycles. The molecule has 0 saturated carbocycles. The third-order valence-electron chi connectivity index (χ3n) is 4.32. The van der Waals surface area contributed by atoms with E-state index >= 15 is 0 Å². The molecule has 6 heteroatoms. The van der Waals surface area contributed by atoms with Crippen LogP contribution in [0.25, 0.3) is 21.8 Å². The minimum absolute atomic E-state index is 0.0564. The van der Waals surface area contributed by atoms with E-state index in [1.807, 2.05) is 48.7 Å². The van der Waals surface area contributed by atoms with Gasteiger partial charge in [-0.05, 0) is 42.1 Å². The molecular formula is C20H18N4O2. The summed E-state index contributed by atoms with van der Waals surface area (Å²) in [6, 6.07) is 15.0. The molecule has 0 saturated heterocycles. The Bertz CT molecular complexity index is 1140. The van der Waals surface area contributed by atoms with Crippen molar-refractivity contribution in [3.8, 4) is 0 Å². The summed E-state index contributed by atoms with van der Waals surface area (Å²) >= 11 is 0. The van der Waals surface area contributed by atoms with Gasteiger partial charge < -0.3 is 15.3 Å². The van der Waals surface area contributed by atoms with Crippen molar-refractivity contribution in [2.75, 3.05) is 5.32 Å². The fraction of sp³-hybridized carbons (Fsp3) is 0.150. The topological polar surface area (TPSA) is 90.6 Å². The minimum Gasteiger partial charge on any atom is -0.361 e. The maximum absolute atomic E-state index is 12.1. The number of anilines is 1. The van der Waals surface area contributed by atoms with E-state index in [0.29, 0.717) is 36.0 Å². The van der Waals surface area contributed by atoms with Gasteiger partial charge in [-0.2, -0.15) is 0 Å². The van der Waals surface area contributed by atoms with Crippen molar-refractivity contribution < 1.29 is 4.79 Å². The van der Waals surface area contributed by atoms with Crippen LogP contribution < -0.4 is 10.9 Å². The number of nitrogens with zero attached hydrogens (tertiary/aromatic N) is 1. The molecule has 0 spiro atoms. The summed E-state index contributed by atoms with van der Waals surface area (Å²) in [7, 11) is 0. The second-order valence-corrected chi connectivity index (χ2v) is 6.21. The number of hydrogen-bond donors (Lipinski definition) is 3. The van der Waals surface area contributed by atoms with E-state index in [0.717, 1.165) is 16.6 Å². The summed E-state index contributed by atoms with van der Waals surface area (Å²) < 4.78 is 0. The molecule has 3 N–H and O–H groups in total. The Morgan fingerprint density at radius 3 is 2.92 bits per heavy atom. The quantitative estimate of drug-likeness (QED) is 0.517. The maximum Gasteiger partial charge on any atom is 0.258 e. The van der Waals surface area contributed by atoms with Crippen LogP contribution in [0.5, 0.6) is 0 Å². The van der Waals surface area contributed by atoms with Gasteiger partial charge in [-0.15, -0.1) is 0 Å². The van der Waals surface area contributed by atoms with Crippen LogP contribution in [-0.2, 0) is 11.2 Å². The Balaban J connectivity index is 1.36. The fourth-order valence-corrected chi connectivity index (χ4v) is 3.02. The van der Waals surface area contributed by atoms with E-state index in [1.165, 1.54) is 0 Å². The number of benzene rings is 2. The van der Waals surface area contributed by atoms with Crippen molar-refractivity contribution in [2.24, 2.45) is 0 Å². The van der Waals surface area contributed by atoms with Gasteiger partial charge in [0.25, 0.3) is 5.56 Å². The van der Waals surface area contributed by atoms with Crippen LogP contribution >= 0.6 is 0 Å². The van der Waals surface area contributed by atoms with Gasteiger partial charge in [0.2, 0.25) is 5.91 Å². The number of aromatic amines is 2. The predicted octanol–water partition coefficient (Wildman–Crippen LogP) is 3.37. The van der Waals surface area contributed by atoms with Crippen molar-refractivity contribution in [2.45, 2.75) is 19.3 Å². The first-order valence-corrected chi connectivity index (χ1v) is 8.54. The molecule has 6 nitrogen and oxygen atoms in total. The smallest absolute Gasteiger partial charge is 0.258 e. The summed E-state index contributed by atoms with van der Waals surface area (Å²) in [5, 5.41) is 4.58. The van der Waals surface area contributed by atoms with E-state index in [-0.39, 0.29) is 11.5 Å². The SMILES string of the molecule is O=C(CCCc1nc2ccccc2c(=O)[nH]1)Nc1ccc2cc[nH]c2c1. The molecule has 0 aliphatic carbocycles. The molecule has 26 heavy (non-hydrogen) atoms. The number of carbonyl (C=O) groups excluding carboxylic acids is 1. The number of H-pyrrole nitrogens is 2. The minimum atomic E-state index is -0.144. The molecule has 1 amide bonds. The number of carbonyl (C=O) groups is 1. The average Bonchev–Trinajstić information content (AvgIpc) is 3.09. The summed E-state index contributed by atoms with van der Waals surface area (Å²) in [6.07, 6.45) is 3.38. The highest BCUT2D eigenvalue weighted by atomic mass is 16.1. The van der Waals surface area contributed by atoms with Gasteiger partial charge in [0.15, 0.2) is 0 Å². The monoisotopic (exact) mass is 346 g/mol. The summed E-state index contributed by atoms with van der Waals surface area (Å²) in [6.45, 7) is 0. The second-order valence-electron chi connectivity index (χ2n) is 6.21.